The van der Waals surface area contributed by atoms with Crippen molar-refractivity contribution in [1.82, 2.24) is 10.4 Å². The van der Waals surface area contributed by atoms with Crippen LogP contribution in [-0.2, 0) is 4.79 Å². The molecule has 1 N–H and O–H groups in total. The summed E-state index contributed by atoms with van der Waals surface area (Å²) in [6.45, 7) is 4.29. The molecule has 2 heterocycles. The topological polar surface area (TPSA) is 54.4 Å². The Bertz CT molecular complexity index is 507. The Kier molecular flexibility index (Phi) is 2.47. The number of pyridine rings is 1. The van der Waals surface area contributed by atoms with E-state index < -0.39 is 0 Å². The van der Waals surface area contributed by atoms with E-state index in [-0.39, 0.29) is 17.4 Å². The Morgan fingerprint density at radius 3 is 3.00 bits per heavy atom. The summed E-state index contributed by atoms with van der Waals surface area (Å²) in [6, 6.07) is 3.99. The van der Waals surface area contributed by atoms with Gasteiger partial charge in [0.05, 0.1) is 17.7 Å². The molecule has 0 unspecified atom stereocenters. The van der Waals surface area contributed by atoms with Crippen molar-refractivity contribution in [3.05, 3.63) is 30.1 Å². The van der Waals surface area contributed by atoms with Crippen molar-refractivity contribution in [2.45, 2.75) is 32.7 Å². The maximum absolute atomic E-state index is 12.3. The highest BCUT2D eigenvalue weighted by molar-refractivity contribution is 6.15. The molecular formula is C14H17N3O. The summed E-state index contributed by atoms with van der Waals surface area (Å²) in [4.78, 5) is 16.4. The van der Waals surface area contributed by atoms with Gasteiger partial charge < -0.3 is 5.43 Å². The van der Waals surface area contributed by atoms with Crippen molar-refractivity contribution in [2.24, 2.45) is 16.4 Å². The molecule has 0 amide bonds. The molecular weight excluding hydrogens is 226 g/mol. The lowest BCUT2D eigenvalue weighted by atomic mass is 9.68. The number of hydrazone groups is 1. The second kappa shape index (κ2) is 3.90. The lowest BCUT2D eigenvalue weighted by Crippen LogP contribution is -2.45. The maximum atomic E-state index is 12.3. The molecule has 0 bridgehead atoms. The Morgan fingerprint density at radius 1 is 1.44 bits per heavy atom. The van der Waals surface area contributed by atoms with Gasteiger partial charge in [0, 0.05) is 24.4 Å². The number of ketones is 1. The molecule has 1 fully saturated rings. The largest absolute Gasteiger partial charge is 0.306 e. The van der Waals surface area contributed by atoms with E-state index in [4.69, 9.17) is 0 Å². The van der Waals surface area contributed by atoms with Crippen molar-refractivity contribution in [3.63, 3.8) is 0 Å². The number of nitrogens with zero attached hydrogens (tertiary/aromatic N) is 2. The fraction of sp³-hybridized carbons (Fsp3) is 0.500. The van der Waals surface area contributed by atoms with E-state index in [0.717, 1.165) is 17.7 Å². The Hall–Kier alpha value is -1.71. The molecule has 1 aliphatic heterocycles. The van der Waals surface area contributed by atoms with Crippen LogP contribution >= 0.6 is 0 Å². The monoisotopic (exact) mass is 243 g/mol. The van der Waals surface area contributed by atoms with Gasteiger partial charge in [0.2, 0.25) is 0 Å². The second-order valence-corrected chi connectivity index (χ2v) is 5.96. The summed E-state index contributed by atoms with van der Waals surface area (Å²) in [7, 11) is 0. The zero-order valence-electron chi connectivity index (χ0n) is 10.7. The predicted molar refractivity (Wildman–Crippen MR) is 69.2 cm³/mol. The number of carbonyl (C=O) groups is 1. The molecule has 4 nitrogen and oxygen atoms in total. The first-order valence-electron chi connectivity index (χ1n) is 6.33. The molecule has 4 heteroatoms. The van der Waals surface area contributed by atoms with Crippen LogP contribution in [0.1, 0.15) is 32.3 Å². The minimum absolute atomic E-state index is 0.0746. The van der Waals surface area contributed by atoms with Gasteiger partial charge in [-0.1, -0.05) is 13.8 Å². The highest BCUT2D eigenvalue weighted by Crippen LogP contribution is 2.39. The van der Waals surface area contributed by atoms with Crippen LogP contribution in [-0.4, -0.2) is 22.5 Å². The first kappa shape index (κ1) is 11.4. The SMILES string of the molecule is CC1(C)CC(=O)[C@@H]2C(c3cccnc3)=NN[C@H]2C1. The summed E-state index contributed by atoms with van der Waals surface area (Å²) < 4.78 is 0. The van der Waals surface area contributed by atoms with Crippen LogP contribution in [0.25, 0.3) is 0 Å². The predicted octanol–water partition coefficient (Wildman–Crippen LogP) is 1.76. The van der Waals surface area contributed by atoms with Gasteiger partial charge in [-0.3, -0.25) is 9.78 Å². The summed E-state index contributed by atoms with van der Waals surface area (Å²) in [5.41, 5.74) is 5.01. The maximum Gasteiger partial charge on any atom is 0.144 e. The fourth-order valence-electron chi connectivity index (χ4n) is 3.03. The van der Waals surface area contributed by atoms with E-state index in [9.17, 15) is 4.79 Å². The number of aromatic nitrogens is 1. The number of carbonyl (C=O) groups excluding carboxylic acids is 1. The Labute approximate surface area is 107 Å². The first-order valence-corrected chi connectivity index (χ1v) is 6.33. The lowest BCUT2D eigenvalue weighted by Gasteiger charge is -2.36. The van der Waals surface area contributed by atoms with Gasteiger partial charge >= 0.3 is 0 Å². The highest BCUT2D eigenvalue weighted by Gasteiger charge is 2.46. The molecule has 0 aromatic carbocycles. The molecule has 0 radical (unpaired) electrons. The molecule has 0 spiro atoms. The number of nitrogens with one attached hydrogen (secondary N) is 1. The lowest BCUT2D eigenvalue weighted by molar-refractivity contribution is -0.126. The van der Waals surface area contributed by atoms with Crippen LogP contribution in [0.15, 0.2) is 29.6 Å². The van der Waals surface area contributed by atoms with E-state index in [1.807, 2.05) is 12.1 Å². The smallest absolute Gasteiger partial charge is 0.144 e. The fourth-order valence-corrected chi connectivity index (χ4v) is 3.03. The Balaban J connectivity index is 1.91. The average Bonchev–Trinajstić information content (AvgIpc) is 2.72. The number of Topliss-reactive ketones (excluding diaryl/α,β-unsaturated/α-hetero) is 1. The van der Waals surface area contributed by atoms with Gasteiger partial charge in [-0.25, -0.2) is 0 Å². The van der Waals surface area contributed by atoms with Gasteiger partial charge in [0.25, 0.3) is 0 Å². The standard InChI is InChI=1S/C14H17N3O/c1-14(2)6-10-12(11(18)7-14)13(17-16-10)9-4-3-5-15-8-9/h3-5,8,10,12,16H,6-7H2,1-2H3/t10-,12+/m0/s1. The minimum Gasteiger partial charge on any atom is -0.306 e. The number of hydrogen-bond donors (Lipinski definition) is 1. The van der Waals surface area contributed by atoms with Crippen LogP contribution in [0, 0.1) is 11.3 Å². The van der Waals surface area contributed by atoms with Gasteiger partial charge in [-0.15, -0.1) is 0 Å². The Morgan fingerprint density at radius 2 is 2.28 bits per heavy atom. The summed E-state index contributed by atoms with van der Waals surface area (Å²) >= 11 is 0. The molecule has 1 saturated carbocycles. The summed E-state index contributed by atoms with van der Waals surface area (Å²) in [6.07, 6.45) is 5.12. The number of hydrogen-bond acceptors (Lipinski definition) is 4. The number of fused-ring (bicyclic) bond motifs is 1. The molecule has 2 aliphatic rings. The van der Waals surface area contributed by atoms with Crippen molar-refractivity contribution >= 4 is 11.5 Å². The summed E-state index contributed by atoms with van der Waals surface area (Å²) in [5.74, 6) is 0.200. The third-order valence-electron chi connectivity index (χ3n) is 3.78. The van der Waals surface area contributed by atoms with Gasteiger partial charge in [0.15, 0.2) is 0 Å². The highest BCUT2D eigenvalue weighted by atomic mass is 16.1. The average molecular weight is 243 g/mol. The van der Waals surface area contributed by atoms with Crippen LogP contribution in [0.4, 0.5) is 0 Å². The third kappa shape index (κ3) is 1.82. The molecule has 1 aliphatic carbocycles. The van der Waals surface area contributed by atoms with Crippen molar-refractivity contribution < 1.29 is 4.79 Å². The molecule has 94 valence electrons. The van der Waals surface area contributed by atoms with Crippen molar-refractivity contribution in [2.75, 3.05) is 0 Å². The zero-order valence-corrected chi connectivity index (χ0v) is 10.7. The molecule has 2 atom stereocenters. The molecule has 1 aromatic heterocycles. The second-order valence-electron chi connectivity index (χ2n) is 5.96. The van der Waals surface area contributed by atoms with Crippen LogP contribution in [0.3, 0.4) is 0 Å². The number of rotatable bonds is 1. The molecule has 3 rings (SSSR count). The van der Waals surface area contributed by atoms with Crippen molar-refractivity contribution in [1.29, 1.82) is 0 Å². The normalized spacial score (nSPS) is 29.4. The van der Waals surface area contributed by atoms with E-state index in [1.165, 1.54) is 0 Å². The molecule has 1 aromatic rings. The van der Waals surface area contributed by atoms with Crippen LogP contribution < -0.4 is 5.43 Å². The first-order chi connectivity index (χ1) is 8.57. The van der Waals surface area contributed by atoms with Crippen LogP contribution in [0.2, 0.25) is 0 Å². The molecule has 18 heavy (non-hydrogen) atoms. The van der Waals surface area contributed by atoms with E-state index in [2.05, 4.69) is 29.4 Å². The van der Waals surface area contributed by atoms with Gasteiger partial charge in [-0.2, -0.15) is 5.10 Å². The molecule has 0 saturated heterocycles. The van der Waals surface area contributed by atoms with Gasteiger partial charge in [-0.05, 0) is 24.0 Å². The van der Waals surface area contributed by atoms with E-state index in [0.29, 0.717) is 12.2 Å². The van der Waals surface area contributed by atoms with Crippen molar-refractivity contribution in [3.8, 4) is 0 Å². The zero-order chi connectivity index (χ0) is 12.8. The van der Waals surface area contributed by atoms with Crippen LogP contribution in [0.5, 0.6) is 0 Å². The van der Waals surface area contributed by atoms with Gasteiger partial charge in [0.1, 0.15) is 5.78 Å². The quantitative estimate of drug-likeness (QED) is 0.817. The minimum atomic E-state index is -0.0952. The third-order valence-corrected chi connectivity index (χ3v) is 3.78. The van der Waals surface area contributed by atoms with E-state index >= 15 is 0 Å². The summed E-state index contributed by atoms with van der Waals surface area (Å²) in [5, 5.41) is 4.37. The van der Waals surface area contributed by atoms with E-state index in [1.54, 1.807) is 12.4 Å².